The average Bonchev–Trinajstić information content (AvgIpc) is 2.91. The molecule has 0 spiro atoms. The van der Waals surface area contributed by atoms with Gasteiger partial charge < -0.3 is 10.6 Å². The molecule has 1 aliphatic heterocycles. The maximum atomic E-state index is 11.9. The van der Waals surface area contributed by atoms with E-state index in [1.807, 2.05) is 12.1 Å². The van der Waals surface area contributed by atoms with Gasteiger partial charge in [0.1, 0.15) is 0 Å². The molecule has 0 radical (unpaired) electrons. The number of nitrogens with zero attached hydrogens (tertiary/aromatic N) is 1. The Morgan fingerprint density at radius 1 is 1.35 bits per heavy atom. The lowest BCUT2D eigenvalue weighted by Gasteiger charge is -2.35. The maximum Gasteiger partial charge on any atom is 0.319 e. The summed E-state index contributed by atoms with van der Waals surface area (Å²) in [6.07, 6.45) is 2.50. The van der Waals surface area contributed by atoms with E-state index in [-0.39, 0.29) is 11.6 Å². The van der Waals surface area contributed by atoms with Gasteiger partial charge in [0.25, 0.3) is 0 Å². The fourth-order valence-electron chi connectivity index (χ4n) is 2.47. The van der Waals surface area contributed by atoms with Gasteiger partial charge in [-0.1, -0.05) is 17.7 Å². The summed E-state index contributed by atoms with van der Waals surface area (Å²) in [5.74, 6) is 0. The van der Waals surface area contributed by atoms with Gasteiger partial charge in [0.15, 0.2) is 0 Å². The Balaban J connectivity index is 1.82. The van der Waals surface area contributed by atoms with Crippen LogP contribution in [0.1, 0.15) is 26.7 Å². The first kappa shape index (κ1) is 15.1. The SMILES string of the molecule is CC(C)(CNC(=O)Nc1cccc(Cl)c1)N1CCCC1. The molecule has 1 fully saturated rings. The van der Waals surface area contributed by atoms with Crippen molar-refractivity contribution in [2.24, 2.45) is 0 Å². The molecule has 2 amide bonds. The van der Waals surface area contributed by atoms with E-state index in [2.05, 4.69) is 29.4 Å². The van der Waals surface area contributed by atoms with Crippen LogP contribution in [0, 0.1) is 0 Å². The number of hydrogen-bond acceptors (Lipinski definition) is 2. The number of nitrogens with one attached hydrogen (secondary N) is 2. The third kappa shape index (κ3) is 4.12. The maximum absolute atomic E-state index is 11.9. The molecule has 1 heterocycles. The molecule has 0 bridgehead atoms. The Kier molecular flexibility index (Phi) is 4.89. The zero-order valence-electron chi connectivity index (χ0n) is 12.1. The van der Waals surface area contributed by atoms with Crippen LogP contribution in [-0.2, 0) is 0 Å². The first-order chi connectivity index (χ1) is 9.47. The van der Waals surface area contributed by atoms with E-state index in [4.69, 9.17) is 11.6 Å². The molecular weight excluding hydrogens is 274 g/mol. The molecule has 5 heteroatoms. The van der Waals surface area contributed by atoms with E-state index in [1.165, 1.54) is 12.8 Å². The minimum atomic E-state index is -0.195. The Morgan fingerprint density at radius 2 is 2.05 bits per heavy atom. The van der Waals surface area contributed by atoms with Crippen molar-refractivity contribution in [1.29, 1.82) is 0 Å². The molecule has 0 atom stereocenters. The minimum absolute atomic E-state index is 0.0117. The largest absolute Gasteiger partial charge is 0.336 e. The van der Waals surface area contributed by atoms with Crippen LogP contribution in [0.4, 0.5) is 10.5 Å². The molecule has 0 aliphatic carbocycles. The highest BCUT2D eigenvalue weighted by atomic mass is 35.5. The van der Waals surface area contributed by atoms with Crippen LogP contribution in [0.25, 0.3) is 0 Å². The van der Waals surface area contributed by atoms with Crippen LogP contribution in [0.5, 0.6) is 0 Å². The molecular formula is C15H22ClN3O. The van der Waals surface area contributed by atoms with Gasteiger partial charge in [-0.05, 0) is 58.0 Å². The molecule has 2 rings (SSSR count). The second-order valence-electron chi connectivity index (χ2n) is 5.82. The normalized spacial score (nSPS) is 16.1. The van der Waals surface area contributed by atoms with E-state index in [0.29, 0.717) is 17.3 Å². The zero-order valence-corrected chi connectivity index (χ0v) is 12.8. The smallest absolute Gasteiger partial charge is 0.319 e. The van der Waals surface area contributed by atoms with Gasteiger partial charge in [0, 0.05) is 22.8 Å². The molecule has 1 aromatic carbocycles. The molecule has 4 nitrogen and oxygen atoms in total. The highest BCUT2D eigenvalue weighted by Gasteiger charge is 2.29. The summed E-state index contributed by atoms with van der Waals surface area (Å²) in [5, 5.41) is 6.34. The number of benzene rings is 1. The number of carbonyl (C=O) groups excluding carboxylic acids is 1. The van der Waals surface area contributed by atoms with Gasteiger partial charge in [-0.2, -0.15) is 0 Å². The lowest BCUT2D eigenvalue weighted by Crippen LogP contribution is -2.51. The summed E-state index contributed by atoms with van der Waals surface area (Å²) >= 11 is 5.89. The van der Waals surface area contributed by atoms with Gasteiger partial charge in [0.2, 0.25) is 0 Å². The van der Waals surface area contributed by atoms with E-state index in [1.54, 1.807) is 12.1 Å². The van der Waals surface area contributed by atoms with Gasteiger partial charge in [-0.15, -0.1) is 0 Å². The molecule has 1 aromatic rings. The first-order valence-electron chi connectivity index (χ1n) is 7.03. The third-order valence-corrected chi connectivity index (χ3v) is 3.96. The molecule has 20 heavy (non-hydrogen) atoms. The van der Waals surface area contributed by atoms with Crippen LogP contribution in [0.15, 0.2) is 24.3 Å². The van der Waals surface area contributed by atoms with Gasteiger partial charge in [-0.25, -0.2) is 4.79 Å². The van der Waals surface area contributed by atoms with Crippen LogP contribution in [0.2, 0.25) is 5.02 Å². The number of urea groups is 1. The molecule has 0 unspecified atom stereocenters. The molecule has 0 aromatic heterocycles. The number of anilines is 1. The number of hydrogen-bond donors (Lipinski definition) is 2. The predicted molar refractivity (Wildman–Crippen MR) is 83.4 cm³/mol. The molecule has 2 N–H and O–H groups in total. The number of rotatable bonds is 4. The predicted octanol–water partition coefficient (Wildman–Crippen LogP) is 3.34. The van der Waals surface area contributed by atoms with Crippen molar-refractivity contribution < 1.29 is 4.79 Å². The van der Waals surface area contributed by atoms with Crippen molar-refractivity contribution in [2.45, 2.75) is 32.2 Å². The summed E-state index contributed by atoms with van der Waals surface area (Å²) in [6.45, 7) is 7.19. The Morgan fingerprint density at radius 3 is 2.70 bits per heavy atom. The van der Waals surface area contributed by atoms with Gasteiger partial charge in [0.05, 0.1) is 0 Å². The van der Waals surface area contributed by atoms with Crippen LogP contribution in [-0.4, -0.2) is 36.1 Å². The number of carbonyl (C=O) groups is 1. The van der Waals surface area contributed by atoms with Gasteiger partial charge >= 0.3 is 6.03 Å². The number of halogens is 1. The molecule has 0 saturated carbocycles. The van der Waals surface area contributed by atoms with E-state index >= 15 is 0 Å². The summed E-state index contributed by atoms with van der Waals surface area (Å²) in [4.78, 5) is 14.3. The Hall–Kier alpha value is -1.26. The van der Waals surface area contributed by atoms with Crippen molar-refractivity contribution in [3.63, 3.8) is 0 Å². The monoisotopic (exact) mass is 295 g/mol. The van der Waals surface area contributed by atoms with Crippen molar-refractivity contribution in [3.8, 4) is 0 Å². The van der Waals surface area contributed by atoms with E-state index in [9.17, 15) is 4.79 Å². The van der Waals surface area contributed by atoms with Crippen molar-refractivity contribution in [3.05, 3.63) is 29.3 Å². The number of likely N-dealkylation sites (tertiary alicyclic amines) is 1. The highest BCUT2D eigenvalue weighted by molar-refractivity contribution is 6.30. The lowest BCUT2D eigenvalue weighted by atomic mass is 10.0. The zero-order chi connectivity index (χ0) is 14.6. The first-order valence-corrected chi connectivity index (χ1v) is 7.41. The van der Waals surface area contributed by atoms with Crippen LogP contribution < -0.4 is 10.6 Å². The Bertz CT molecular complexity index is 470. The Labute approximate surface area is 125 Å². The molecule has 110 valence electrons. The second kappa shape index (κ2) is 6.46. The van der Waals surface area contributed by atoms with Crippen molar-refractivity contribution in [2.75, 3.05) is 25.0 Å². The van der Waals surface area contributed by atoms with Crippen molar-refractivity contribution >= 4 is 23.3 Å². The van der Waals surface area contributed by atoms with Crippen molar-refractivity contribution in [1.82, 2.24) is 10.2 Å². The minimum Gasteiger partial charge on any atom is -0.336 e. The van der Waals surface area contributed by atoms with Crippen LogP contribution in [0.3, 0.4) is 0 Å². The van der Waals surface area contributed by atoms with Crippen LogP contribution >= 0.6 is 11.6 Å². The third-order valence-electron chi connectivity index (χ3n) is 3.73. The van der Waals surface area contributed by atoms with E-state index in [0.717, 1.165) is 13.1 Å². The lowest BCUT2D eigenvalue weighted by molar-refractivity contribution is 0.153. The summed E-state index contributed by atoms with van der Waals surface area (Å²) in [7, 11) is 0. The summed E-state index contributed by atoms with van der Waals surface area (Å²) in [6, 6.07) is 6.94. The van der Waals surface area contributed by atoms with Gasteiger partial charge in [-0.3, -0.25) is 4.90 Å². The topological polar surface area (TPSA) is 44.4 Å². The molecule has 1 aliphatic rings. The summed E-state index contributed by atoms with van der Waals surface area (Å²) < 4.78 is 0. The quantitative estimate of drug-likeness (QED) is 0.895. The molecule has 1 saturated heterocycles. The second-order valence-corrected chi connectivity index (χ2v) is 6.26. The fraction of sp³-hybridized carbons (Fsp3) is 0.533. The summed E-state index contributed by atoms with van der Waals surface area (Å²) in [5.41, 5.74) is 0.691. The fourth-order valence-corrected chi connectivity index (χ4v) is 2.66. The standard InChI is InChI=1S/C15H22ClN3O/c1-15(2,19-8-3-4-9-19)11-17-14(20)18-13-7-5-6-12(16)10-13/h5-7,10H,3-4,8-9,11H2,1-2H3,(H2,17,18,20). The van der Waals surface area contributed by atoms with E-state index < -0.39 is 0 Å². The highest BCUT2D eigenvalue weighted by Crippen LogP contribution is 2.20. The average molecular weight is 296 g/mol. The number of amides is 2.